The van der Waals surface area contributed by atoms with Crippen LogP contribution in [0, 0.1) is 11.2 Å². The maximum atomic E-state index is 13.1. The van der Waals surface area contributed by atoms with Gasteiger partial charge in [0.05, 0.1) is 6.21 Å². The smallest absolute Gasteiger partial charge is 0.206 e. The molecule has 0 amide bonds. The number of hydrazone groups is 1. The van der Waals surface area contributed by atoms with Crippen molar-refractivity contribution in [2.75, 3.05) is 0 Å². The molecule has 1 rings (SSSR count). The van der Waals surface area contributed by atoms with Gasteiger partial charge in [0.25, 0.3) is 0 Å². The monoisotopic (exact) mass is 258 g/mol. The van der Waals surface area contributed by atoms with Gasteiger partial charge in [-0.1, -0.05) is 15.9 Å². The summed E-state index contributed by atoms with van der Waals surface area (Å²) in [6.45, 7) is 0. The van der Waals surface area contributed by atoms with Gasteiger partial charge in [-0.3, -0.25) is 5.41 Å². The van der Waals surface area contributed by atoms with Crippen molar-refractivity contribution in [3.8, 4) is 0 Å². The predicted octanol–water partition coefficient (Wildman–Crippen LogP) is 1.41. The van der Waals surface area contributed by atoms with Crippen LogP contribution in [-0.2, 0) is 0 Å². The van der Waals surface area contributed by atoms with Crippen molar-refractivity contribution in [1.29, 1.82) is 5.41 Å². The lowest BCUT2D eigenvalue weighted by atomic mass is 10.2. The Morgan fingerprint density at radius 2 is 2.36 bits per heavy atom. The van der Waals surface area contributed by atoms with Crippen molar-refractivity contribution in [1.82, 2.24) is 5.43 Å². The molecule has 14 heavy (non-hydrogen) atoms. The van der Waals surface area contributed by atoms with Crippen LogP contribution >= 0.6 is 15.9 Å². The molecule has 1 aromatic carbocycles. The quantitative estimate of drug-likeness (QED) is 0.426. The zero-order valence-corrected chi connectivity index (χ0v) is 8.68. The average molecular weight is 259 g/mol. The van der Waals surface area contributed by atoms with Crippen LogP contribution in [0.2, 0.25) is 0 Å². The molecule has 0 saturated heterocycles. The van der Waals surface area contributed by atoms with Gasteiger partial charge in [-0.25, -0.2) is 9.82 Å². The Balaban J connectivity index is 2.80. The number of hydrogen-bond acceptors (Lipinski definition) is 2. The number of benzene rings is 1. The summed E-state index contributed by atoms with van der Waals surface area (Å²) in [5.74, 6) is -0.682. The molecular weight excluding hydrogens is 251 g/mol. The molecule has 6 heteroatoms. The topological polar surface area (TPSA) is 74.3 Å². The molecule has 0 aliphatic rings. The van der Waals surface area contributed by atoms with E-state index in [1.807, 2.05) is 0 Å². The van der Waals surface area contributed by atoms with E-state index >= 15 is 0 Å². The first kappa shape index (κ1) is 10.6. The summed E-state index contributed by atoms with van der Waals surface area (Å²) in [6, 6.07) is 4.48. The lowest BCUT2D eigenvalue weighted by Crippen LogP contribution is -2.25. The first-order chi connectivity index (χ1) is 6.59. The zero-order chi connectivity index (χ0) is 10.6. The van der Waals surface area contributed by atoms with Crippen LogP contribution in [0.1, 0.15) is 5.56 Å². The maximum absolute atomic E-state index is 13.1. The Hall–Kier alpha value is -1.43. The van der Waals surface area contributed by atoms with Gasteiger partial charge in [-0.2, -0.15) is 5.10 Å². The van der Waals surface area contributed by atoms with Gasteiger partial charge in [-0.05, 0) is 18.2 Å². The minimum Gasteiger partial charge on any atom is -0.369 e. The van der Waals surface area contributed by atoms with Crippen molar-refractivity contribution in [3.63, 3.8) is 0 Å². The Kier molecular flexibility index (Phi) is 3.58. The standard InChI is InChI=1S/C8H8BrFN4/c9-6-1-2-7(10)5(3-6)4-13-14-8(11)12/h1-4H,(H4,11,12,14). The first-order valence-corrected chi connectivity index (χ1v) is 4.47. The highest BCUT2D eigenvalue weighted by molar-refractivity contribution is 9.10. The van der Waals surface area contributed by atoms with E-state index in [1.54, 1.807) is 12.1 Å². The summed E-state index contributed by atoms with van der Waals surface area (Å²) < 4.78 is 13.8. The van der Waals surface area contributed by atoms with E-state index in [1.165, 1.54) is 12.3 Å². The van der Waals surface area contributed by atoms with Crippen LogP contribution in [0.5, 0.6) is 0 Å². The first-order valence-electron chi connectivity index (χ1n) is 3.68. The van der Waals surface area contributed by atoms with Crippen LogP contribution in [-0.4, -0.2) is 12.2 Å². The Bertz CT molecular complexity index is 378. The van der Waals surface area contributed by atoms with E-state index in [9.17, 15) is 4.39 Å². The number of hydrogen-bond donors (Lipinski definition) is 3. The summed E-state index contributed by atoms with van der Waals surface area (Å²) in [5.41, 5.74) is 7.48. The van der Waals surface area contributed by atoms with Gasteiger partial charge in [0.15, 0.2) is 0 Å². The largest absolute Gasteiger partial charge is 0.369 e. The van der Waals surface area contributed by atoms with Gasteiger partial charge < -0.3 is 5.73 Å². The number of rotatable bonds is 2. The summed E-state index contributed by atoms with van der Waals surface area (Å²) in [5, 5.41) is 10.4. The van der Waals surface area contributed by atoms with Crippen molar-refractivity contribution >= 4 is 28.1 Å². The van der Waals surface area contributed by atoms with E-state index in [2.05, 4.69) is 26.5 Å². The fourth-order valence-electron chi connectivity index (χ4n) is 0.785. The molecule has 0 aliphatic carbocycles. The molecule has 0 radical (unpaired) electrons. The highest BCUT2D eigenvalue weighted by atomic mass is 79.9. The molecule has 0 unspecified atom stereocenters. The third kappa shape index (κ3) is 3.14. The van der Waals surface area contributed by atoms with Crippen LogP contribution in [0.3, 0.4) is 0 Å². The molecule has 0 bridgehead atoms. The SMILES string of the molecule is N=C(N)NN=Cc1cc(Br)ccc1F. The highest BCUT2D eigenvalue weighted by Crippen LogP contribution is 2.13. The van der Waals surface area contributed by atoms with Crippen LogP contribution in [0.15, 0.2) is 27.8 Å². The second kappa shape index (κ2) is 4.71. The summed E-state index contributed by atoms with van der Waals surface area (Å²) in [4.78, 5) is 0. The summed E-state index contributed by atoms with van der Waals surface area (Å²) >= 11 is 3.20. The molecule has 0 aromatic heterocycles. The summed E-state index contributed by atoms with van der Waals surface area (Å²) in [6.07, 6.45) is 1.25. The average Bonchev–Trinajstić information content (AvgIpc) is 2.10. The van der Waals surface area contributed by atoms with Crippen molar-refractivity contribution < 1.29 is 4.39 Å². The van der Waals surface area contributed by atoms with Gasteiger partial charge >= 0.3 is 0 Å². The molecule has 0 spiro atoms. The molecule has 1 aromatic rings. The summed E-state index contributed by atoms with van der Waals surface area (Å²) in [7, 11) is 0. The van der Waals surface area contributed by atoms with E-state index in [-0.39, 0.29) is 11.8 Å². The van der Waals surface area contributed by atoms with E-state index in [0.29, 0.717) is 5.56 Å². The molecular formula is C8H8BrFN4. The van der Waals surface area contributed by atoms with E-state index in [0.717, 1.165) is 4.47 Å². The number of guanidine groups is 1. The minimum absolute atomic E-state index is 0.295. The zero-order valence-electron chi connectivity index (χ0n) is 7.09. The second-order valence-corrected chi connectivity index (χ2v) is 3.37. The molecule has 74 valence electrons. The fourth-order valence-corrected chi connectivity index (χ4v) is 1.16. The second-order valence-electron chi connectivity index (χ2n) is 2.45. The van der Waals surface area contributed by atoms with E-state index < -0.39 is 0 Å². The van der Waals surface area contributed by atoms with Crippen LogP contribution in [0.4, 0.5) is 4.39 Å². The molecule has 0 saturated carbocycles. The minimum atomic E-state index is -0.387. The highest BCUT2D eigenvalue weighted by Gasteiger charge is 1.98. The van der Waals surface area contributed by atoms with Gasteiger partial charge in [-0.15, -0.1) is 0 Å². The molecule has 4 nitrogen and oxygen atoms in total. The van der Waals surface area contributed by atoms with Crippen molar-refractivity contribution in [2.24, 2.45) is 10.8 Å². The van der Waals surface area contributed by atoms with Gasteiger partial charge in [0.1, 0.15) is 5.82 Å². The maximum Gasteiger partial charge on any atom is 0.206 e. The predicted molar refractivity (Wildman–Crippen MR) is 56.7 cm³/mol. The number of nitrogens with zero attached hydrogens (tertiary/aromatic N) is 1. The molecule has 0 atom stereocenters. The van der Waals surface area contributed by atoms with Crippen LogP contribution in [0.25, 0.3) is 0 Å². The fraction of sp³-hybridized carbons (Fsp3) is 0. The van der Waals surface area contributed by atoms with Crippen molar-refractivity contribution in [3.05, 3.63) is 34.1 Å². The molecule has 0 aliphatic heterocycles. The van der Waals surface area contributed by atoms with Gasteiger partial charge in [0, 0.05) is 10.0 Å². The Morgan fingerprint density at radius 1 is 1.64 bits per heavy atom. The normalized spacial score (nSPS) is 10.4. The Morgan fingerprint density at radius 3 is 3.00 bits per heavy atom. The number of nitrogens with two attached hydrogens (primary N) is 1. The van der Waals surface area contributed by atoms with Crippen molar-refractivity contribution in [2.45, 2.75) is 0 Å². The lowest BCUT2D eigenvalue weighted by molar-refractivity contribution is 0.625. The number of nitrogens with one attached hydrogen (secondary N) is 2. The number of halogens is 2. The lowest BCUT2D eigenvalue weighted by Gasteiger charge is -1.97. The molecule has 0 heterocycles. The molecule has 4 N–H and O–H groups in total. The third-order valence-corrected chi connectivity index (χ3v) is 1.84. The third-order valence-electron chi connectivity index (χ3n) is 1.35. The van der Waals surface area contributed by atoms with Gasteiger partial charge in [0.2, 0.25) is 5.96 Å². The van der Waals surface area contributed by atoms with E-state index in [4.69, 9.17) is 11.1 Å². The van der Waals surface area contributed by atoms with Crippen LogP contribution < -0.4 is 11.2 Å². The molecule has 0 fully saturated rings. The Labute approximate surface area is 88.6 Å².